The van der Waals surface area contributed by atoms with Gasteiger partial charge >= 0.3 is 5.97 Å². The largest absolute Gasteiger partial charge is 0.478 e. The molecule has 98 valence electrons. The van der Waals surface area contributed by atoms with Gasteiger partial charge in [-0.25, -0.2) is 4.79 Å². The SMILES string of the molecule is Cc1ccc(C(=O)O)c(-c2ccc3cccnc3c2)c1. The second-order valence-corrected chi connectivity index (χ2v) is 4.77. The van der Waals surface area contributed by atoms with E-state index in [2.05, 4.69) is 4.98 Å². The molecule has 1 heterocycles. The van der Waals surface area contributed by atoms with Crippen LogP contribution >= 0.6 is 0 Å². The van der Waals surface area contributed by atoms with Crippen LogP contribution in [0.25, 0.3) is 22.0 Å². The number of benzene rings is 2. The Labute approximate surface area is 116 Å². The monoisotopic (exact) mass is 263 g/mol. The molecule has 0 fully saturated rings. The van der Waals surface area contributed by atoms with E-state index in [0.29, 0.717) is 5.56 Å². The second kappa shape index (κ2) is 4.78. The quantitative estimate of drug-likeness (QED) is 0.762. The number of carboxylic acid groups (broad SMARTS) is 1. The Morgan fingerprint density at radius 1 is 1.10 bits per heavy atom. The highest BCUT2D eigenvalue weighted by atomic mass is 16.4. The predicted octanol–water partition coefficient (Wildman–Crippen LogP) is 3.91. The fourth-order valence-electron chi connectivity index (χ4n) is 2.32. The van der Waals surface area contributed by atoms with Gasteiger partial charge in [0.2, 0.25) is 0 Å². The van der Waals surface area contributed by atoms with Crippen molar-refractivity contribution in [3.8, 4) is 11.1 Å². The van der Waals surface area contributed by atoms with Crippen molar-refractivity contribution in [2.24, 2.45) is 0 Å². The third-order valence-corrected chi connectivity index (χ3v) is 3.32. The van der Waals surface area contributed by atoms with Crippen molar-refractivity contribution in [1.29, 1.82) is 0 Å². The van der Waals surface area contributed by atoms with Crippen LogP contribution in [0.4, 0.5) is 0 Å². The molecule has 0 spiro atoms. The fraction of sp³-hybridized carbons (Fsp3) is 0.0588. The van der Waals surface area contributed by atoms with E-state index in [4.69, 9.17) is 0 Å². The summed E-state index contributed by atoms with van der Waals surface area (Å²) >= 11 is 0. The van der Waals surface area contributed by atoms with Crippen LogP contribution in [0.3, 0.4) is 0 Å². The first kappa shape index (κ1) is 12.4. The van der Waals surface area contributed by atoms with Crippen LogP contribution < -0.4 is 0 Å². The third-order valence-electron chi connectivity index (χ3n) is 3.32. The second-order valence-electron chi connectivity index (χ2n) is 4.77. The van der Waals surface area contributed by atoms with Crippen LogP contribution in [0.5, 0.6) is 0 Å². The van der Waals surface area contributed by atoms with Crippen molar-refractivity contribution in [2.45, 2.75) is 6.92 Å². The van der Waals surface area contributed by atoms with E-state index in [-0.39, 0.29) is 0 Å². The lowest BCUT2D eigenvalue weighted by Crippen LogP contribution is -2.00. The summed E-state index contributed by atoms with van der Waals surface area (Å²) in [5, 5.41) is 10.4. The first-order valence-electron chi connectivity index (χ1n) is 6.34. The molecule has 0 bridgehead atoms. The molecule has 1 N–H and O–H groups in total. The van der Waals surface area contributed by atoms with Crippen LogP contribution in [0.2, 0.25) is 0 Å². The molecular weight excluding hydrogens is 250 g/mol. The molecule has 20 heavy (non-hydrogen) atoms. The van der Waals surface area contributed by atoms with Crippen molar-refractivity contribution in [1.82, 2.24) is 4.98 Å². The van der Waals surface area contributed by atoms with Gasteiger partial charge in [-0.15, -0.1) is 0 Å². The Bertz CT molecular complexity index is 809. The van der Waals surface area contributed by atoms with Crippen LogP contribution in [-0.4, -0.2) is 16.1 Å². The Balaban J connectivity index is 2.24. The Hall–Kier alpha value is -2.68. The zero-order valence-corrected chi connectivity index (χ0v) is 11.0. The predicted molar refractivity (Wildman–Crippen MR) is 78.9 cm³/mol. The molecule has 0 saturated carbocycles. The van der Waals surface area contributed by atoms with Gasteiger partial charge in [0.25, 0.3) is 0 Å². The van der Waals surface area contributed by atoms with E-state index in [9.17, 15) is 9.90 Å². The average Bonchev–Trinajstić information content (AvgIpc) is 2.46. The van der Waals surface area contributed by atoms with Crippen molar-refractivity contribution in [2.75, 3.05) is 0 Å². The van der Waals surface area contributed by atoms with E-state index in [1.165, 1.54) is 0 Å². The number of aromatic carboxylic acids is 1. The maximum Gasteiger partial charge on any atom is 0.336 e. The first-order chi connectivity index (χ1) is 9.65. The number of hydrogen-bond donors (Lipinski definition) is 1. The van der Waals surface area contributed by atoms with Crippen molar-refractivity contribution >= 4 is 16.9 Å². The van der Waals surface area contributed by atoms with Gasteiger partial charge in [-0.1, -0.05) is 35.9 Å². The van der Waals surface area contributed by atoms with Crippen molar-refractivity contribution in [3.05, 3.63) is 65.9 Å². The molecule has 0 radical (unpaired) electrons. The van der Waals surface area contributed by atoms with Gasteiger partial charge in [-0.05, 0) is 36.2 Å². The number of rotatable bonds is 2. The molecule has 0 unspecified atom stereocenters. The lowest BCUT2D eigenvalue weighted by atomic mass is 9.96. The van der Waals surface area contributed by atoms with E-state index >= 15 is 0 Å². The molecule has 0 amide bonds. The maximum atomic E-state index is 11.4. The standard InChI is InChI=1S/C17H13NO2/c1-11-4-7-14(17(19)20)15(9-11)13-6-5-12-3-2-8-18-16(12)10-13/h2-10H,1H3,(H,19,20). The fourth-order valence-corrected chi connectivity index (χ4v) is 2.32. The van der Waals surface area contributed by atoms with Crippen molar-refractivity contribution < 1.29 is 9.90 Å². The number of fused-ring (bicyclic) bond motifs is 1. The Morgan fingerprint density at radius 2 is 1.95 bits per heavy atom. The summed E-state index contributed by atoms with van der Waals surface area (Å²) in [6.45, 7) is 1.95. The Morgan fingerprint density at radius 3 is 2.75 bits per heavy atom. The molecule has 3 nitrogen and oxygen atoms in total. The summed E-state index contributed by atoms with van der Waals surface area (Å²) in [5.74, 6) is -0.916. The number of hydrogen-bond acceptors (Lipinski definition) is 2. The molecule has 0 aliphatic heterocycles. The minimum absolute atomic E-state index is 0.311. The van der Waals surface area contributed by atoms with E-state index in [0.717, 1.165) is 27.6 Å². The first-order valence-corrected chi connectivity index (χ1v) is 6.34. The molecule has 0 aliphatic carbocycles. The minimum atomic E-state index is -0.916. The van der Waals surface area contributed by atoms with E-state index in [1.807, 2.05) is 49.4 Å². The van der Waals surface area contributed by atoms with Crippen LogP contribution in [-0.2, 0) is 0 Å². The molecule has 3 heteroatoms. The number of aryl methyl sites for hydroxylation is 1. The summed E-state index contributed by atoms with van der Waals surface area (Å²) in [4.78, 5) is 15.7. The van der Waals surface area contributed by atoms with E-state index in [1.54, 1.807) is 12.3 Å². The average molecular weight is 263 g/mol. The van der Waals surface area contributed by atoms with Crippen LogP contribution in [0.1, 0.15) is 15.9 Å². The van der Waals surface area contributed by atoms with Gasteiger partial charge in [0, 0.05) is 11.6 Å². The number of carboxylic acids is 1. The summed E-state index contributed by atoms with van der Waals surface area (Å²) in [6.07, 6.45) is 1.74. The van der Waals surface area contributed by atoms with Crippen LogP contribution in [0.15, 0.2) is 54.7 Å². The molecule has 0 saturated heterocycles. The smallest absolute Gasteiger partial charge is 0.336 e. The summed E-state index contributed by atoms with van der Waals surface area (Å²) in [7, 11) is 0. The third kappa shape index (κ3) is 2.14. The number of pyridine rings is 1. The molecular formula is C17H13NO2. The number of nitrogens with zero attached hydrogens (tertiary/aromatic N) is 1. The summed E-state index contributed by atoms with van der Waals surface area (Å²) in [6, 6.07) is 15.1. The minimum Gasteiger partial charge on any atom is -0.478 e. The lowest BCUT2D eigenvalue weighted by Gasteiger charge is -2.08. The number of aromatic nitrogens is 1. The maximum absolute atomic E-state index is 11.4. The van der Waals surface area contributed by atoms with Gasteiger partial charge in [0.15, 0.2) is 0 Å². The zero-order valence-electron chi connectivity index (χ0n) is 11.0. The van der Waals surface area contributed by atoms with Crippen molar-refractivity contribution in [3.63, 3.8) is 0 Å². The highest BCUT2D eigenvalue weighted by Crippen LogP contribution is 2.27. The lowest BCUT2D eigenvalue weighted by molar-refractivity contribution is 0.0697. The van der Waals surface area contributed by atoms with Crippen LogP contribution in [0, 0.1) is 6.92 Å². The summed E-state index contributed by atoms with van der Waals surface area (Å²) in [5.41, 5.74) is 3.81. The van der Waals surface area contributed by atoms with Gasteiger partial charge in [0.05, 0.1) is 11.1 Å². The topological polar surface area (TPSA) is 50.2 Å². The van der Waals surface area contributed by atoms with Gasteiger partial charge < -0.3 is 5.11 Å². The van der Waals surface area contributed by atoms with E-state index < -0.39 is 5.97 Å². The highest BCUT2D eigenvalue weighted by molar-refractivity contribution is 5.97. The highest BCUT2D eigenvalue weighted by Gasteiger charge is 2.12. The molecule has 0 aliphatic rings. The molecule has 3 aromatic rings. The normalized spacial score (nSPS) is 10.7. The molecule has 2 aromatic carbocycles. The number of carbonyl (C=O) groups is 1. The Kier molecular flexibility index (Phi) is 2.95. The van der Waals surface area contributed by atoms with Gasteiger partial charge in [-0.2, -0.15) is 0 Å². The molecule has 1 aromatic heterocycles. The molecule has 0 atom stereocenters. The molecule has 3 rings (SSSR count). The van der Waals surface area contributed by atoms with Gasteiger partial charge in [0.1, 0.15) is 0 Å². The van der Waals surface area contributed by atoms with Gasteiger partial charge in [-0.3, -0.25) is 4.98 Å². The summed E-state index contributed by atoms with van der Waals surface area (Å²) < 4.78 is 0. The zero-order chi connectivity index (χ0) is 14.1.